The van der Waals surface area contributed by atoms with Crippen molar-refractivity contribution in [3.63, 3.8) is 0 Å². The number of nitrogens with one attached hydrogen (secondary N) is 1. The summed E-state index contributed by atoms with van der Waals surface area (Å²) in [6, 6.07) is 13.9. The molecule has 0 radical (unpaired) electrons. The SMILES string of the molecule is CNC(c1ccc(Cl)c(Cl)c1)c1cncc2ccccc12. The second kappa shape index (κ2) is 6.02. The molecule has 0 aliphatic heterocycles. The lowest BCUT2D eigenvalue weighted by atomic mass is 9.96. The van der Waals surface area contributed by atoms with Crippen LogP contribution in [0, 0.1) is 0 Å². The first-order valence-electron chi connectivity index (χ1n) is 6.65. The van der Waals surface area contributed by atoms with Crippen LogP contribution in [0.25, 0.3) is 10.8 Å². The first kappa shape index (κ1) is 14.3. The van der Waals surface area contributed by atoms with Gasteiger partial charge in [0.25, 0.3) is 0 Å². The van der Waals surface area contributed by atoms with Crippen molar-refractivity contribution in [1.29, 1.82) is 0 Å². The van der Waals surface area contributed by atoms with Gasteiger partial charge in [0.05, 0.1) is 16.1 Å². The second-order valence-corrected chi connectivity index (χ2v) is 5.66. The summed E-state index contributed by atoms with van der Waals surface area (Å²) in [5.74, 6) is 0. The van der Waals surface area contributed by atoms with Gasteiger partial charge in [0.2, 0.25) is 0 Å². The third-order valence-electron chi connectivity index (χ3n) is 3.58. The standard InChI is InChI=1S/C17H14Cl2N2/c1-20-17(11-6-7-15(18)16(19)8-11)14-10-21-9-12-4-2-3-5-13(12)14/h2-10,17,20H,1H3. The molecule has 0 aliphatic rings. The molecule has 3 rings (SSSR count). The quantitative estimate of drug-likeness (QED) is 0.747. The molecular weight excluding hydrogens is 303 g/mol. The molecule has 106 valence electrons. The molecule has 3 aromatic rings. The highest BCUT2D eigenvalue weighted by molar-refractivity contribution is 6.42. The molecule has 1 heterocycles. The minimum Gasteiger partial charge on any atom is -0.309 e. The van der Waals surface area contributed by atoms with Gasteiger partial charge >= 0.3 is 0 Å². The number of aromatic nitrogens is 1. The molecule has 4 heteroatoms. The topological polar surface area (TPSA) is 24.9 Å². The smallest absolute Gasteiger partial charge is 0.0596 e. The molecule has 2 aromatic carbocycles. The summed E-state index contributed by atoms with van der Waals surface area (Å²) in [5.41, 5.74) is 2.18. The lowest BCUT2D eigenvalue weighted by Gasteiger charge is -2.19. The summed E-state index contributed by atoms with van der Waals surface area (Å²) >= 11 is 12.2. The summed E-state index contributed by atoms with van der Waals surface area (Å²) in [6.07, 6.45) is 3.77. The fourth-order valence-electron chi connectivity index (χ4n) is 2.56. The Morgan fingerprint density at radius 2 is 1.81 bits per heavy atom. The fourth-order valence-corrected chi connectivity index (χ4v) is 2.87. The van der Waals surface area contributed by atoms with Gasteiger partial charge in [-0.05, 0) is 35.7 Å². The molecule has 21 heavy (non-hydrogen) atoms. The van der Waals surface area contributed by atoms with E-state index < -0.39 is 0 Å². The summed E-state index contributed by atoms with van der Waals surface area (Å²) in [4.78, 5) is 4.35. The highest BCUT2D eigenvalue weighted by Gasteiger charge is 2.16. The molecule has 1 unspecified atom stereocenters. The van der Waals surface area contributed by atoms with E-state index in [2.05, 4.69) is 22.4 Å². The number of nitrogens with zero attached hydrogens (tertiary/aromatic N) is 1. The van der Waals surface area contributed by atoms with Crippen molar-refractivity contribution in [2.45, 2.75) is 6.04 Å². The normalized spacial score (nSPS) is 12.5. The van der Waals surface area contributed by atoms with E-state index in [0.717, 1.165) is 16.5 Å². The van der Waals surface area contributed by atoms with Crippen LogP contribution in [0.5, 0.6) is 0 Å². The Morgan fingerprint density at radius 3 is 2.57 bits per heavy atom. The summed E-state index contributed by atoms with van der Waals surface area (Å²) in [5, 5.41) is 6.75. The van der Waals surface area contributed by atoms with Gasteiger partial charge in [0.15, 0.2) is 0 Å². The van der Waals surface area contributed by atoms with Crippen molar-refractivity contribution in [1.82, 2.24) is 10.3 Å². The van der Waals surface area contributed by atoms with Crippen molar-refractivity contribution in [3.8, 4) is 0 Å². The van der Waals surface area contributed by atoms with E-state index in [0.29, 0.717) is 10.0 Å². The zero-order valence-corrected chi connectivity index (χ0v) is 13.0. The number of hydrogen-bond acceptors (Lipinski definition) is 2. The first-order valence-corrected chi connectivity index (χ1v) is 7.41. The molecule has 1 atom stereocenters. The number of rotatable bonds is 3. The van der Waals surface area contributed by atoms with E-state index in [1.807, 2.05) is 49.8 Å². The number of benzene rings is 2. The van der Waals surface area contributed by atoms with Crippen molar-refractivity contribution in [2.24, 2.45) is 0 Å². The maximum absolute atomic E-state index is 6.15. The van der Waals surface area contributed by atoms with Gasteiger partial charge in [0.1, 0.15) is 0 Å². The molecule has 0 spiro atoms. The monoisotopic (exact) mass is 316 g/mol. The van der Waals surface area contributed by atoms with Crippen LogP contribution in [0.15, 0.2) is 54.9 Å². The third-order valence-corrected chi connectivity index (χ3v) is 4.31. The number of hydrogen-bond donors (Lipinski definition) is 1. The van der Waals surface area contributed by atoms with E-state index in [4.69, 9.17) is 23.2 Å². The third kappa shape index (κ3) is 2.75. The van der Waals surface area contributed by atoms with Crippen LogP contribution in [0.2, 0.25) is 10.0 Å². The number of halogens is 2. The highest BCUT2D eigenvalue weighted by atomic mass is 35.5. The van der Waals surface area contributed by atoms with Crippen LogP contribution in [0.4, 0.5) is 0 Å². The van der Waals surface area contributed by atoms with Crippen LogP contribution in [0.1, 0.15) is 17.2 Å². The molecule has 0 amide bonds. The first-order chi connectivity index (χ1) is 10.2. The van der Waals surface area contributed by atoms with E-state index in [9.17, 15) is 0 Å². The summed E-state index contributed by atoms with van der Waals surface area (Å²) < 4.78 is 0. The van der Waals surface area contributed by atoms with Crippen LogP contribution in [-0.2, 0) is 0 Å². The number of pyridine rings is 1. The summed E-state index contributed by atoms with van der Waals surface area (Å²) in [7, 11) is 1.93. The lowest BCUT2D eigenvalue weighted by molar-refractivity contribution is 0.694. The van der Waals surface area contributed by atoms with Crippen LogP contribution < -0.4 is 5.32 Å². The molecule has 0 saturated carbocycles. The van der Waals surface area contributed by atoms with Crippen molar-refractivity contribution in [2.75, 3.05) is 7.05 Å². The van der Waals surface area contributed by atoms with E-state index in [1.54, 1.807) is 0 Å². The predicted octanol–water partition coefficient (Wildman–Crippen LogP) is 4.85. The lowest BCUT2D eigenvalue weighted by Crippen LogP contribution is -2.18. The van der Waals surface area contributed by atoms with E-state index in [-0.39, 0.29) is 6.04 Å². The van der Waals surface area contributed by atoms with Crippen molar-refractivity contribution < 1.29 is 0 Å². The van der Waals surface area contributed by atoms with Crippen LogP contribution >= 0.6 is 23.2 Å². The maximum atomic E-state index is 6.15. The van der Waals surface area contributed by atoms with Crippen molar-refractivity contribution >= 4 is 34.0 Å². The number of fused-ring (bicyclic) bond motifs is 1. The van der Waals surface area contributed by atoms with Gasteiger partial charge in [-0.1, -0.05) is 53.5 Å². The Labute approximate surface area is 133 Å². The van der Waals surface area contributed by atoms with Gasteiger partial charge in [0, 0.05) is 17.8 Å². The Kier molecular flexibility index (Phi) is 4.11. The molecule has 1 N–H and O–H groups in total. The van der Waals surface area contributed by atoms with Crippen LogP contribution in [0.3, 0.4) is 0 Å². The van der Waals surface area contributed by atoms with Gasteiger partial charge < -0.3 is 5.32 Å². The Morgan fingerprint density at radius 1 is 1.00 bits per heavy atom. The van der Waals surface area contributed by atoms with Gasteiger partial charge in [-0.15, -0.1) is 0 Å². The zero-order valence-electron chi connectivity index (χ0n) is 11.5. The van der Waals surface area contributed by atoms with Gasteiger partial charge in [-0.2, -0.15) is 0 Å². The van der Waals surface area contributed by atoms with Gasteiger partial charge in [-0.25, -0.2) is 0 Å². The minimum absolute atomic E-state index is 0.0124. The average molecular weight is 317 g/mol. The fraction of sp³-hybridized carbons (Fsp3) is 0.118. The molecule has 1 aromatic heterocycles. The maximum Gasteiger partial charge on any atom is 0.0596 e. The predicted molar refractivity (Wildman–Crippen MR) is 89.1 cm³/mol. The average Bonchev–Trinajstić information content (AvgIpc) is 2.52. The molecule has 0 fully saturated rings. The molecule has 0 saturated heterocycles. The molecule has 2 nitrogen and oxygen atoms in total. The van der Waals surface area contributed by atoms with E-state index in [1.165, 1.54) is 5.39 Å². The Hall–Kier alpha value is -1.61. The Bertz CT molecular complexity index is 781. The molecule has 0 bridgehead atoms. The molecular formula is C17H14Cl2N2. The highest BCUT2D eigenvalue weighted by Crippen LogP contribution is 2.31. The Balaban J connectivity index is 2.16. The second-order valence-electron chi connectivity index (χ2n) is 4.85. The minimum atomic E-state index is 0.0124. The molecule has 0 aliphatic carbocycles. The van der Waals surface area contributed by atoms with Gasteiger partial charge in [-0.3, -0.25) is 4.98 Å². The summed E-state index contributed by atoms with van der Waals surface area (Å²) in [6.45, 7) is 0. The zero-order chi connectivity index (χ0) is 14.8. The largest absolute Gasteiger partial charge is 0.309 e. The van der Waals surface area contributed by atoms with E-state index >= 15 is 0 Å². The van der Waals surface area contributed by atoms with Crippen molar-refractivity contribution in [3.05, 3.63) is 76.0 Å². The van der Waals surface area contributed by atoms with Crippen LogP contribution in [-0.4, -0.2) is 12.0 Å².